The minimum Gasteiger partial charge on any atom is -0.444 e. The van der Waals surface area contributed by atoms with Gasteiger partial charge in [-0.2, -0.15) is 0 Å². The molecule has 0 aliphatic rings. The maximum Gasteiger partial charge on any atom is 0.414 e. The second-order valence-corrected chi connectivity index (χ2v) is 4.43. The Morgan fingerprint density at radius 3 is 2.69 bits per heavy atom. The summed E-state index contributed by atoms with van der Waals surface area (Å²) in [6.07, 6.45) is -0.710. The molecule has 0 unspecified atom stereocenters. The number of carbonyl (C=O) groups is 1. The molecular formula is C9H12ClN3O3. The predicted molar refractivity (Wildman–Crippen MR) is 59.7 cm³/mol. The van der Waals surface area contributed by atoms with Crippen LogP contribution in [-0.4, -0.2) is 21.7 Å². The molecule has 0 bridgehead atoms. The second kappa shape index (κ2) is 4.52. The molecule has 6 nitrogen and oxygen atoms in total. The van der Waals surface area contributed by atoms with Gasteiger partial charge < -0.3 is 4.74 Å². The van der Waals surface area contributed by atoms with Crippen molar-refractivity contribution in [3.8, 4) is 0 Å². The van der Waals surface area contributed by atoms with E-state index in [1.807, 2.05) is 0 Å². The summed E-state index contributed by atoms with van der Waals surface area (Å²) in [7, 11) is 0. The van der Waals surface area contributed by atoms with E-state index in [0.29, 0.717) is 0 Å². The zero-order valence-corrected chi connectivity index (χ0v) is 9.88. The largest absolute Gasteiger partial charge is 0.444 e. The first-order valence-corrected chi connectivity index (χ1v) is 4.91. The van der Waals surface area contributed by atoms with Gasteiger partial charge in [0.05, 0.1) is 0 Å². The lowest BCUT2D eigenvalue weighted by atomic mass is 10.2. The number of aromatic amines is 1. The zero-order valence-electron chi connectivity index (χ0n) is 9.13. The first-order valence-electron chi connectivity index (χ1n) is 4.53. The van der Waals surface area contributed by atoms with Crippen molar-refractivity contribution < 1.29 is 9.53 Å². The van der Waals surface area contributed by atoms with Crippen LogP contribution in [0.25, 0.3) is 0 Å². The molecule has 0 radical (unpaired) electrons. The molecule has 0 aromatic carbocycles. The molecule has 0 saturated heterocycles. The van der Waals surface area contributed by atoms with E-state index in [2.05, 4.69) is 15.3 Å². The first-order chi connectivity index (χ1) is 7.26. The molecule has 1 aromatic heterocycles. The fourth-order valence-corrected chi connectivity index (χ4v) is 1.07. The minimum atomic E-state index is -0.710. The van der Waals surface area contributed by atoms with Crippen LogP contribution < -0.4 is 10.9 Å². The molecule has 0 aliphatic heterocycles. The van der Waals surface area contributed by atoms with Crippen LogP contribution in [0.2, 0.25) is 5.15 Å². The van der Waals surface area contributed by atoms with Crippen molar-refractivity contribution in [2.45, 2.75) is 26.4 Å². The van der Waals surface area contributed by atoms with Crippen LogP contribution in [0.1, 0.15) is 20.8 Å². The Hall–Kier alpha value is -1.56. The van der Waals surface area contributed by atoms with Crippen molar-refractivity contribution in [3.05, 3.63) is 21.6 Å². The standard InChI is InChI=1S/C9H12ClN3O3/c1-9(2,3)16-8(15)13-7-11-5(10)4-6(14)12-7/h4H,1-3H3,(H2,11,12,13,14,15). The number of rotatable bonds is 1. The number of aromatic nitrogens is 2. The molecule has 0 spiro atoms. The van der Waals surface area contributed by atoms with Crippen LogP contribution >= 0.6 is 11.6 Å². The van der Waals surface area contributed by atoms with Gasteiger partial charge in [-0.25, -0.2) is 9.78 Å². The minimum absolute atomic E-state index is 0.00481. The maximum atomic E-state index is 11.3. The van der Waals surface area contributed by atoms with Gasteiger partial charge in [-0.15, -0.1) is 0 Å². The van der Waals surface area contributed by atoms with E-state index in [0.717, 1.165) is 6.07 Å². The third-order valence-corrected chi connectivity index (χ3v) is 1.52. The van der Waals surface area contributed by atoms with Gasteiger partial charge in [0.25, 0.3) is 5.56 Å². The van der Waals surface area contributed by atoms with Crippen LogP contribution in [-0.2, 0) is 4.74 Å². The highest BCUT2D eigenvalue weighted by Crippen LogP contribution is 2.09. The normalized spacial score (nSPS) is 11.0. The monoisotopic (exact) mass is 245 g/mol. The molecule has 1 amide bonds. The topological polar surface area (TPSA) is 84.1 Å². The average Bonchev–Trinajstić information content (AvgIpc) is 1.96. The number of H-pyrrole nitrogens is 1. The van der Waals surface area contributed by atoms with Gasteiger partial charge in [0.2, 0.25) is 5.95 Å². The molecule has 0 aliphatic carbocycles. The number of hydrogen-bond donors (Lipinski definition) is 2. The number of carbonyl (C=O) groups excluding carboxylic acids is 1. The summed E-state index contributed by atoms with van der Waals surface area (Å²) in [4.78, 5) is 28.3. The molecule has 0 saturated carbocycles. The summed E-state index contributed by atoms with van der Waals surface area (Å²) in [5, 5.41) is 2.26. The fourth-order valence-electron chi connectivity index (χ4n) is 0.887. The molecule has 1 aromatic rings. The Morgan fingerprint density at radius 1 is 1.56 bits per heavy atom. The lowest BCUT2D eigenvalue weighted by molar-refractivity contribution is 0.0634. The maximum absolute atomic E-state index is 11.3. The van der Waals surface area contributed by atoms with Crippen molar-refractivity contribution in [2.24, 2.45) is 0 Å². The Morgan fingerprint density at radius 2 is 2.19 bits per heavy atom. The summed E-state index contributed by atoms with van der Waals surface area (Å²) in [5.41, 5.74) is -1.07. The summed E-state index contributed by atoms with van der Waals surface area (Å²) in [6.45, 7) is 5.17. The summed E-state index contributed by atoms with van der Waals surface area (Å²) < 4.78 is 4.97. The van der Waals surface area contributed by atoms with Gasteiger partial charge in [-0.05, 0) is 20.8 Å². The lowest BCUT2D eigenvalue weighted by Crippen LogP contribution is -2.28. The third-order valence-electron chi connectivity index (χ3n) is 1.33. The highest BCUT2D eigenvalue weighted by molar-refractivity contribution is 6.29. The summed E-state index contributed by atoms with van der Waals surface area (Å²) in [6, 6.07) is 1.10. The fraction of sp³-hybridized carbons (Fsp3) is 0.444. The van der Waals surface area contributed by atoms with Crippen LogP contribution in [0.3, 0.4) is 0 Å². The van der Waals surface area contributed by atoms with Crippen molar-refractivity contribution in [2.75, 3.05) is 5.32 Å². The van der Waals surface area contributed by atoms with Crippen LogP contribution in [0, 0.1) is 0 Å². The zero-order chi connectivity index (χ0) is 12.3. The molecule has 7 heteroatoms. The number of amides is 1. The smallest absolute Gasteiger partial charge is 0.414 e. The SMILES string of the molecule is CC(C)(C)OC(=O)Nc1nc(Cl)cc(=O)[nH]1. The second-order valence-electron chi connectivity index (χ2n) is 4.04. The first kappa shape index (κ1) is 12.5. The molecule has 1 rings (SSSR count). The molecule has 1 heterocycles. The highest BCUT2D eigenvalue weighted by atomic mass is 35.5. The molecule has 16 heavy (non-hydrogen) atoms. The van der Waals surface area contributed by atoms with E-state index in [4.69, 9.17) is 16.3 Å². The molecule has 0 atom stereocenters. The van der Waals surface area contributed by atoms with E-state index >= 15 is 0 Å². The Kier molecular flexibility index (Phi) is 3.54. The van der Waals surface area contributed by atoms with E-state index < -0.39 is 17.3 Å². The Bertz CT molecular complexity index is 450. The predicted octanol–water partition coefficient (Wildman–Crippen LogP) is 1.77. The number of halogens is 1. The van der Waals surface area contributed by atoms with Gasteiger partial charge >= 0.3 is 6.09 Å². The summed E-state index contributed by atoms with van der Waals surface area (Å²) >= 11 is 5.54. The Balaban J connectivity index is 2.74. The number of anilines is 1. The number of nitrogens with one attached hydrogen (secondary N) is 2. The van der Waals surface area contributed by atoms with Crippen LogP contribution in [0.15, 0.2) is 10.9 Å². The molecule has 88 valence electrons. The van der Waals surface area contributed by atoms with Gasteiger partial charge in [-0.1, -0.05) is 11.6 Å². The quantitative estimate of drug-likeness (QED) is 0.739. The van der Waals surface area contributed by atoms with E-state index in [9.17, 15) is 9.59 Å². The molecular weight excluding hydrogens is 234 g/mol. The third kappa shape index (κ3) is 4.31. The summed E-state index contributed by atoms with van der Waals surface area (Å²) in [5.74, 6) is -0.0493. The Labute approximate surface area is 97.0 Å². The number of hydrogen-bond acceptors (Lipinski definition) is 4. The number of nitrogens with zero attached hydrogens (tertiary/aromatic N) is 1. The average molecular weight is 246 g/mol. The van der Waals surface area contributed by atoms with Crippen molar-refractivity contribution in [3.63, 3.8) is 0 Å². The number of ether oxygens (including phenoxy) is 1. The van der Waals surface area contributed by atoms with Gasteiger partial charge in [0.15, 0.2) is 0 Å². The van der Waals surface area contributed by atoms with E-state index in [1.165, 1.54) is 0 Å². The van der Waals surface area contributed by atoms with E-state index in [1.54, 1.807) is 20.8 Å². The van der Waals surface area contributed by atoms with Gasteiger partial charge in [0, 0.05) is 6.07 Å². The van der Waals surface area contributed by atoms with Crippen LogP contribution in [0.4, 0.5) is 10.7 Å². The van der Waals surface area contributed by atoms with Crippen LogP contribution in [0.5, 0.6) is 0 Å². The van der Waals surface area contributed by atoms with Gasteiger partial charge in [-0.3, -0.25) is 15.1 Å². The molecule has 2 N–H and O–H groups in total. The van der Waals surface area contributed by atoms with Gasteiger partial charge in [0.1, 0.15) is 10.8 Å². The highest BCUT2D eigenvalue weighted by Gasteiger charge is 2.16. The van der Waals surface area contributed by atoms with Crippen molar-refractivity contribution in [1.82, 2.24) is 9.97 Å². The molecule has 0 fully saturated rings. The lowest BCUT2D eigenvalue weighted by Gasteiger charge is -2.19. The van der Waals surface area contributed by atoms with Crippen molar-refractivity contribution >= 4 is 23.6 Å². The van der Waals surface area contributed by atoms with Crippen molar-refractivity contribution in [1.29, 1.82) is 0 Å². The van der Waals surface area contributed by atoms with E-state index in [-0.39, 0.29) is 11.1 Å².